The van der Waals surface area contributed by atoms with Crippen molar-refractivity contribution < 1.29 is 14.5 Å². The molecule has 3 aromatic rings. The summed E-state index contributed by atoms with van der Waals surface area (Å²) in [5.41, 5.74) is 2.31. The van der Waals surface area contributed by atoms with Crippen molar-refractivity contribution in [3.63, 3.8) is 0 Å². The van der Waals surface area contributed by atoms with Crippen LogP contribution >= 0.6 is 11.6 Å². The molecule has 0 atom stereocenters. The summed E-state index contributed by atoms with van der Waals surface area (Å²) in [6.45, 7) is 6.23. The zero-order valence-corrected chi connectivity index (χ0v) is 19.7. The standard InChI is InChI=1S/C26H24ClN3O4/c1-26(2,3)19-8-6-18(7-9-19)24(31)29-23(16-17-4-14-22(15-5-17)30(33)34)25(32)28-21-12-10-20(27)11-13-21/h4-16H,1-3H3,(H,28,32)(H,29,31)/b23-16-. The van der Waals surface area contributed by atoms with Crippen LogP contribution in [0.2, 0.25) is 5.02 Å². The van der Waals surface area contributed by atoms with Crippen LogP contribution in [-0.4, -0.2) is 16.7 Å². The third kappa shape index (κ3) is 6.52. The van der Waals surface area contributed by atoms with Gasteiger partial charge >= 0.3 is 0 Å². The number of hydrogen-bond donors (Lipinski definition) is 2. The third-order valence-electron chi connectivity index (χ3n) is 5.02. The van der Waals surface area contributed by atoms with E-state index in [-0.39, 0.29) is 16.8 Å². The summed E-state index contributed by atoms with van der Waals surface area (Å²) in [5, 5.41) is 16.8. The number of carbonyl (C=O) groups is 2. The van der Waals surface area contributed by atoms with Crippen LogP contribution < -0.4 is 10.6 Å². The van der Waals surface area contributed by atoms with Crippen molar-refractivity contribution in [2.24, 2.45) is 0 Å². The van der Waals surface area contributed by atoms with Crippen molar-refractivity contribution in [2.45, 2.75) is 26.2 Å². The molecule has 0 aliphatic rings. The number of nitrogens with zero attached hydrogens (tertiary/aromatic N) is 1. The first-order valence-electron chi connectivity index (χ1n) is 10.5. The van der Waals surface area contributed by atoms with Crippen molar-refractivity contribution in [1.29, 1.82) is 0 Å². The second kappa shape index (κ2) is 10.3. The van der Waals surface area contributed by atoms with Gasteiger partial charge in [-0.15, -0.1) is 0 Å². The Morgan fingerprint density at radius 3 is 2.03 bits per heavy atom. The van der Waals surface area contributed by atoms with Gasteiger partial charge in [0.2, 0.25) is 0 Å². The van der Waals surface area contributed by atoms with Crippen LogP contribution in [0.4, 0.5) is 11.4 Å². The Labute approximate surface area is 202 Å². The van der Waals surface area contributed by atoms with E-state index < -0.39 is 16.7 Å². The van der Waals surface area contributed by atoms with Crippen molar-refractivity contribution in [2.75, 3.05) is 5.32 Å². The number of benzene rings is 3. The van der Waals surface area contributed by atoms with E-state index in [1.807, 2.05) is 12.1 Å². The highest BCUT2D eigenvalue weighted by Crippen LogP contribution is 2.22. The topological polar surface area (TPSA) is 101 Å². The van der Waals surface area contributed by atoms with E-state index >= 15 is 0 Å². The van der Waals surface area contributed by atoms with Gasteiger partial charge in [0.1, 0.15) is 5.70 Å². The molecule has 3 aromatic carbocycles. The van der Waals surface area contributed by atoms with Crippen LogP contribution in [0.1, 0.15) is 42.3 Å². The third-order valence-corrected chi connectivity index (χ3v) is 5.27. The van der Waals surface area contributed by atoms with Crippen LogP contribution in [0.5, 0.6) is 0 Å². The highest BCUT2D eigenvalue weighted by atomic mass is 35.5. The molecule has 8 heteroatoms. The quantitative estimate of drug-likeness (QED) is 0.260. The number of carbonyl (C=O) groups excluding carboxylic acids is 2. The minimum Gasteiger partial charge on any atom is -0.321 e. The van der Waals surface area contributed by atoms with Gasteiger partial charge in [-0.25, -0.2) is 0 Å². The molecule has 0 saturated heterocycles. The Bertz CT molecular complexity index is 1230. The van der Waals surface area contributed by atoms with Gasteiger partial charge in [0.05, 0.1) is 4.92 Å². The zero-order chi connectivity index (χ0) is 24.9. The van der Waals surface area contributed by atoms with E-state index in [1.54, 1.807) is 36.4 Å². The monoisotopic (exact) mass is 477 g/mol. The summed E-state index contributed by atoms with van der Waals surface area (Å²) in [5.74, 6) is -1.01. The highest BCUT2D eigenvalue weighted by Gasteiger charge is 2.17. The first kappa shape index (κ1) is 24.7. The number of anilines is 1. The van der Waals surface area contributed by atoms with E-state index in [0.717, 1.165) is 5.56 Å². The van der Waals surface area contributed by atoms with Crippen LogP contribution in [0.15, 0.2) is 78.5 Å². The summed E-state index contributed by atoms with van der Waals surface area (Å²) in [7, 11) is 0. The number of halogens is 1. The first-order chi connectivity index (χ1) is 16.0. The van der Waals surface area contributed by atoms with Gasteiger partial charge in [-0.2, -0.15) is 0 Å². The summed E-state index contributed by atoms with van der Waals surface area (Å²) in [6.07, 6.45) is 1.45. The molecule has 0 saturated carbocycles. The Morgan fingerprint density at radius 1 is 0.912 bits per heavy atom. The number of amides is 2. The molecule has 0 aliphatic carbocycles. The van der Waals surface area contributed by atoms with Crippen molar-refractivity contribution in [3.8, 4) is 0 Å². The number of nitrogens with one attached hydrogen (secondary N) is 2. The summed E-state index contributed by atoms with van der Waals surface area (Å²) in [6, 6.07) is 19.3. The fraction of sp³-hybridized carbons (Fsp3) is 0.154. The molecule has 0 aliphatic heterocycles. The number of nitro groups is 1. The van der Waals surface area contributed by atoms with E-state index in [1.165, 1.54) is 30.3 Å². The second-order valence-electron chi connectivity index (χ2n) is 8.65. The molecule has 2 amide bonds. The lowest BCUT2D eigenvalue weighted by molar-refractivity contribution is -0.384. The first-order valence-corrected chi connectivity index (χ1v) is 10.9. The molecule has 7 nitrogen and oxygen atoms in total. The summed E-state index contributed by atoms with van der Waals surface area (Å²) in [4.78, 5) is 36.3. The minimum absolute atomic E-state index is 0.0197. The lowest BCUT2D eigenvalue weighted by Crippen LogP contribution is -2.30. The molecule has 0 bridgehead atoms. The van der Waals surface area contributed by atoms with Gasteiger partial charge < -0.3 is 10.6 Å². The zero-order valence-electron chi connectivity index (χ0n) is 19.0. The molecular weight excluding hydrogens is 454 g/mol. The number of rotatable bonds is 6. The predicted molar refractivity (Wildman–Crippen MR) is 134 cm³/mol. The molecule has 174 valence electrons. The average molecular weight is 478 g/mol. The Kier molecular flexibility index (Phi) is 7.48. The molecular formula is C26H24ClN3O4. The predicted octanol–water partition coefficient (Wildman–Crippen LogP) is 5.96. The SMILES string of the molecule is CC(C)(C)c1ccc(C(=O)N/C(=C\c2ccc([N+](=O)[O-])cc2)C(=O)Nc2ccc(Cl)cc2)cc1. The molecule has 2 N–H and O–H groups in total. The number of non-ortho nitro benzene ring substituents is 1. The fourth-order valence-electron chi connectivity index (χ4n) is 3.07. The van der Waals surface area contributed by atoms with Crippen LogP contribution in [-0.2, 0) is 10.2 Å². The lowest BCUT2D eigenvalue weighted by atomic mass is 9.87. The van der Waals surface area contributed by atoms with Crippen LogP contribution in [0.25, 0.3) is 6.08 Å². The second-order valence-corrected chi connectivity index (χ2v) is 9.09. The Balaban J connectivity index is 1.88. The molecule has 0 radical (unpaired) electrons. The van der Waals surface area contributed by atoms with Gasteiger partial charge in [0, 0.05) is 28.4 Å². The minimum atomic E-state index is -0.555. The average Bonchev–Trinajstić information content (AvgIpc) is 2.80. The molecule has 0 unspecified atom stereocenters. The maximum absolute atomic E-state index is 13.0. The molecule has 0 spiro atoms. The van der Waals surface area contributed by atoms with Gasteiger partial charge in [-0.05, 0) is 71.1 Å². The van der Waals surface area contributed by atoms with Crippen molar-refractivity contribution in [1.82, 2.24) is 5.32 Å². The van der Waals surface area contributed by atoms with Gasteiger partial charge in [0.15, 0.2) is 0 Å². The van der Waals surface area contributed by atoms with Crippen LogP contribution in [0.3, 0.4) is 0 Å². The largest absolute Gasteiger partial charge is 0.321 e. The van der Waals surface area contributed by atoms with E-state index in [2.05, 4.69) is 31.4 Å². The molecule has 0 fully saturated rings. The smallest absolute Gasteiger partial charge is 0.272 e. The molecule has 34 heavy (non-hydrogen) atoms. The fourth-order valence-corrected chi connectivity index (χ4v) is 3.19. The summed E-state index contributed by atoms with van der Waals surface area (Å²) < 4.78 is 0. The van der Waals surface area contributed by atoms with Crippen molar-refractivity contribution >= 4 is 40.9 Å². The Morgan fingerprint density at radius 2 is 1.50 bits per heavy atom. The molecule has 0 aromatic heterocycles. The van der Waals surface area contributed by atoms with E-state index in [9.17, 15) is 19.7 Å². The maximum atomic E-state index is 13.0. The Hall–Kier alpha value is -3.97. The van der Waals surface area contributed by atoms with Gasteiger partial charge in [-0.3, -0.25) is 19.7 Å². The van der Waals surface area contributed by atoms with Gasteiger partial charge in [0.25, 0.3) is 17.5 Å². The highest BCUT2D eigenvalue weighted by molar-refractivity contribution is 6.30. The number of nitro benzene ring substituents is 1. The maximum Gasteiger partial charge on any atom is 0.272 e. The summed E-state index contributed by atoms with van der Waals surface area (Å²) >= 11 is 5.90. The lowest BCUT2D eigenvalue weighted by Gasteiger charge is -2.19. The number of hydrogen-bond acceptors (Lipinski definition) is 4. The molecule has 3 rings (SSSR count). The normalized spacial score (nSPS) is 11.6. The van der Waals surface area contributed by atoms with E-state index in [4.69, 9.17) is 11.6 Å². The van der Waals surface area contributed by atoms with Crippen LogP contribution in [0, 0.1) is 10.1 Å². The molecule has 0 heterocycles. The van der Waals surface area contributed by atoms with Crippen molar-refractivity contribution in [3.05, 3.63) is 110 Å². The van der Waals surface area contributed by atoms with Gasteiger partial charge in [-0.1, -0.05) is 44.5 Å². The van der Waals surface area contributed by atoms with E-state index in [0.29, 0.717) is 21.8 Å².